The van der Waals surface area contributed by atoms with E-state index in [4.69, 9.17) is 11.6 Å². The van der Waals surface area contributed by atoms with Crippen LogP contribution in [-0.4, -0.2) is 9.55 Å². The number of aromatic nitrogens is 2. The maximum atomic E-state index is 12.7. The number of H-pyrrole nitrogens is 1. The zero-order chi connectivity index (χ0) is 20.7. The molecule has 3 aromatic rings. The zero-order valence-corrected chi connectivity index (χ0v) is 15.7. The van der Waals surface area contributed by atoms with Crippen LogP contribution in [0, 0.1) is 0 Å². The third kappa shape index (κ3) is 3.75. The van der Waals surface area contributed by atoms with Crippen molar-refractivity contribution in [3.05, 3.63) is 91.6 Å². The number of hydrogen-bond donors (Lipinski definition) is 1. The monoisotopic (exact) mass is 408 g/mol. The summed E-state index contributed by atoms with van der Waals surface area (Å²) in [5.41, 5.74) is -1.86. The fourth-order valence-corrected chi connectivity index (χ4v) is 3.13. The highest BCUT2D eigenvalue weighted by molar-refractivity contribution is 6.30. The quantitative estimate of drug-likeness (QED) is 0.685. The van der Waals surface area contributed by atoms with E-state index in [0.717, 1.165) is 16.7 Å². The lowest BCUT2D eigenvalue weighted by Crippen LogP contribution is -2.46. The van der Waals surface area contributed by atoms with E-state index < -0.39 is 28.5 Å². The molecular weight excluding hydrogens is 393 g/mol. The molecule has 28 heavy (non-hydrogen) atoms. The van der Waals surface area contributed by atoms with Gasteiger partial charge in [0.15, 0.2) is 0 Å². The van der Waals surface area contributed by atoms with Crippen molar-refractivity contribution in [3.8, 4) is 11.3 Å². The molecule has 0 atom stereocenters. The number of halogens is 4. The molecule has 0 unspecified atom stereocenters. The number of alkyl halides is 3. The van der Waals surface area contributed by atoms with E-state index in [1.165, 1.54) is 18.2 Å². The predicted molar refractivity (Wildman–Crippen MR) is 102 cm³/mol. The van der Waals surface area contributed by atoms with Crippen molar-refractivity contribution in [1.82, 2.24) is 9.55 Å². The maximum Gasteiger partial charge on any atom is 0.416 e. The summed E-state index contributed by atoms with van der Waals surface area (Å²) < 4.78 is 39.2. The molecule has 4 nitrogen and oxygen atoms in total. The average molecular weight is 409 g/mol. The Morgan fingerprint density at radius 1 is 0.893 bits per heavy atom. The fourth-order valence-electron chi connectivity index (χ4n) is 3.01. The van der Waals surface area contributed by atoms with Gasteiger partial charge in [0.1, 0.15) is 0 Å². The molecule has 1 aromatic heterocycles. The van der Waals surface area contributed by atoms with E-state index >= 15 is 0 Å². The second kappa shape index (κ2) is 6.98. The predicted octanol–water partition coefficient (Wildman–Crippen LogP) is 4.66. The van der Waals surface area contributed by atoms with Crippen LogP contribution in [0.5, 0.6) is 0 Å². The summed E-state index contributed by atoms with van der Waals surface area (Å²) >= 11 is 5.89. The van der Waals surface area contributed by atoms with Crippen LogP contribution in [0.4, 0.5) is 13.2 Å². The second-order valence-electron chi connectivity index (χ2n) is 6.80. The minimum absolute atomic E-state index is 0.145. The Labute approximate surface area is 163 Å². The maximum absolute atomic E-state index is 12.7. The molecule has 0 amide bonds. The molecule has 3 rings (SSSR count). The van der Waals surface area contributed by atoms with E-state index in [0.29, 0.717) is 16.1 Å². The number of nitrogens with one attached hydrogen (secondary N) is 1. The summed E-state index contributed by atoms with van der Waals surface area (Å²) in [6.45, 7) is 3.43. The minimum Gasteiger partial charge on any atom is -0.307 e. The number of nitrogens with zero attached hydrogens (tertiary/aromatic N) is 1. The molecular formula is C20H16ClF3N2O2. The molecule has 0 spiro atoms. The first-order valence-electron chi connectivity index (χ1n) is 8.31. The van der Waals surface area contributed by atoms with Gasteiger partial charge in [0.05, 0.1) is 16.8 Å². The molecule has 0 aliphatic heterocycles. The molecule has 1 N–H and O–H groups in total. The molecule has 0 saturated heterocycles. The van der Waals surface area contributed by atoms with Crippen molar-refractivity contribution in [2.45, 2.75) is 25.6 Å². The Morgan fingerprint density at radius 2 is 1.43 bits per heavy atom. The van der Waals surface area contributed by atoms with Gasteiger partial charge in [-0.2, -0.15) is 13.2 Å². The molecule has 0 saturated carbocycles. The molecule has 0 radical (unpaired) electrons. The van der Waals surface area contributed by atoms with E-state index in [1.54, 1.807) is 38.1 Å². The average Bonchev–Trinajstić information content (AvgIpc) is 2.60. The van der Waals surface area contributed by atoms with E-state index in [1.807, 2.05) is 0 Å². The number of hydrogen-bond acceptors (Lipinski definition) is 2. The number of rotatable bonds is 3. The SMILES string of the molecule is CC(C)(c1ccc(Cl)cc1)n1c(=O)cc(-c2ccc(C(F)(F)F)cc2)[nH]c1=O. The van der Waals surface area contributed by atoms with Crippen LogP contribution in [0.1, 0.15) is 25.0 Å². The van der Waals surface area contributed by atoms with E-state index in [2.05, 4.69) is 4.98 Å². The van der Waals surface area contributed by atoms with Crippen molar-refractivity contribution in [3.63, 3.8) is 0 Å². The van der Waals surface area contributed by atoms with Gasteiger partial charge in [0, 0.05) is 11.1 Å². The lowest BCUT2D eigenvalue weighted by molar-refractivity contribution is -0.137. The van der Waals surface area contributed by atoms with Gasteiger partial charge in [-0.25, -0.2) is 4.79 Å². The van der Waals surface area contributed by atoms with Gasteiger partial charge in [0.2, 0.25) is 0 Å². The van der Waals surface area contributed by atoms with E-state index in [-0.39, 0.29) is 5.69 Å². The van der Waals surface area contributed by atoms with Crippen LogP contribution in [0.3, 0.4) is 0 Å². The topological polar surface area (TPSA) is 54.9 Å². The van der Waals surface area contributed by atoms with Crippen LogP contribution in [0.25, 0.3) is 11.3 Å². The van der Waals surface area contributed by atoms with Crippen molar-refractivity contribution in [1.29, 1.82) is 0 Å². The zero-order valence-electron chi connectivity index (χ0n) is 15.0. The Bertz CT molecular complexity index is 1080. The summed E-state index contributed by atoms with van der Waals surface area (Å²) in [6.07, 6.45) is -4.46. The normalized spacial score (nSPS) is 12.2. The smallest absolute Gasteiger partial charge is 0.307 e. The summed E-state index contributed by atoms with van der Waals surface area (Å²) in [4.78, 5) is 27.9. The highest BCUT2D eigenvalue weighted by Gasteiger charge is 2.30. The second-order valence-corrected chi connectivity index (χ2v) is 7.24. The summed E-state index contributed by atoms with van der Waals surface area (Å²) in [5.74, 6) is 0. The summed E-state index contributed by atoms with van der Waals surface area (Å²) in [6, 6.07) is 12.2. The molecule has 0 aliphatic carbocycles. The third-order valence-electron chi connectivity index (χ3n) is 4.57. The van der Waals surface area contributed by atoms with E-state index in [9.17, 15) is 22.8 Å². The molecule has 146 valence electrons. The first-order chi connectivity index (χ1) is 13.0. The molecule has 0 bridgehead atoms. The van der Waals surface area contributed by atoms with Crippen LogP contribution < -0.4 is 11.2 Å². The summed E-state index contributed by atoms with van der Waals surface area (Å²) in [5, 5.41) is 0.526. The lowest BCUT2D eigenvalue weighted by atomic mass is 9.94. The van der Waals surface area contributed by atoms with Gasteiger partial charge >= 0.3 is 11.9 Å². The third-order valence-corrected chi connectivity index (χ3v) is 4.82. The minimum atomic E-state index is -4.46. The lowest BCUT2D eigenvalue weighted by Gasteiger charge is -2.27. The Balaban J connectivity index is 2.05. The van der Waals surface area contributed by atoms with Crippen molar-refractivity contribution >= 4 is 11.6 Å². The van der Waals surface area contributed by atoms with Crippen LogP contribution >= 0.6 is 11.6 Å². The van der Waals surface area contributed by atoms with Crippen LogP contribution in [-0.2, 0) is 11.7 Å². The molecule has 0 fully saturated rings. The van der Waals surface area contributed by atoms with Crippen molar-refractivity contribution in [2.75, 3.05) is 0 Å². The Morgan fingerprint density at radius 3 is 1.93 bits per heavy atom. The summed E-state index contributed by atoms with van der Waals surface area (Å²) in [7, 11) is 0. The molecule has 2 aromatic carbocycles. The van der Waals surface area contributed by atoms with Crippen LogP contribution in [0.2, 0.25) is 5.02 Å². The highest BCUT2D eigenvalue weighted by Crippen LogP contribution is 2.30. The van der Waals surface area contributed by atoms with Crippen molar-refractivity contribution in [2.24, 2.45) is 0 Å². The van der Waals surface area contributed by atoms with Gasteiger partial charge in [-0.1, -0.05) is 35.9 Å². The molecule has 0 aliphatic rings. The van der Waals surface area contributed by atoms with Crippen LogP contribution in [0.15, 0.2) is 64.2 Å². The van der Waals surface area contributed by atoms with Gasteiger partial charge in [-0.3, -0.25) is 9.36 Å². The van der Waals surface area contributed by atoms with Gasteiger partial charge in [-0.15, -0.1) is 0 Å². The standard InChI is InChI=1S/C20H16ClF3N2O2/c1-19(2,13-7-9-15(21)10-8-13)26-17(27)11-16(25-18(26)28)12-3-5-14(6-4-12)20(22,23)24/h3-11H,1-2H3,(H,25,28). The Kier molecular flexibility index (Phi) is 4.97. The largest absolute Gasteiger partial charge is 0.416 e. The Hall–Kier alpha value is -2.80. The first-order valence-corrected chi connectivity index (χ1v) is 8.68. The number of benzene rings is 2. The van der Waals surface area contributed by atoms with Gasteiger partial charge in [0.25, 0.3) is 5.56 Å². The highest BCUT2D eigenvalue weighted by atomic mass is 35.5. The van der Waals surface area contributed by atoms with Gasteiger partial charge in [-0.05, 0) is 49.2 Å². The van der Waals surface area contributed by atoms with Gasteiger partial charge < -0.3 is 4.98 Å². The molecule has 1 heterocycles. The number of aromatic amines is 1. The molecule has 8 heteroatoms. The fraction of sp³-hybridized carbons (Fsp3) is 0.200. The first kappa shape index (κ1) is 19.9. The van der Waals surface area contributed by atoms with Crippen molar-refractivity contribution < 1.29 is 13.2 Å².